The van der Waals surface area contributed by atoms with Gasteiger partial charge in [-0.25, -0.2) is 8.42 Å². The van der Waals surface area contributed by atoms with Crippen LogP contribution in [0.15, 0.2) is 29.2 Å². The normalized spacial score (nSPS) is 16.4. The van der Waals surface area contributed by atoms with Crippen molar-refractivity contribution in [3.05, 3.63) is 29.8 Å². The molecule has 1 fully saturated rings. The third kappa shape index (κ3) is 4.83. The number of rotatable bonds is 8. The monoisotopic (exact) mass is 306 g/mol. The van der Waals surface area contributed by atoms with Gasteiger partial charge in [-0.3, -0.25) is 0 Å². The van der Waals surface area contributed by atoms with Gasteiger partial charge in [0.1, 0.15) is 0 Å². The molecule has 1 unspecified atom stereocenters. The maximum atomic E-state index is 12.3. The molecule has 1 N–H and O–H groups in total. The fourth-order valence-electron chi connectivity index (χ4n) is 2.42. The largest absolute Gasteiger partial charge is 0.313 e. The van der Waals surface area contributed by atoms with E-state index < -0.39 is 9.84 Å². The van der Waals surface area contributed by atoms with E-state index in [0.717, 1.165) is 18.8 Å². The fourth-order valence-corrected chi connectivity index (χ4v) is 3.64. The van der Waals surface area contributed by atoms with Crippen LogP contribution >= 0.6 is 0 Å². The SMILES string of the molecule is CCC(CC1CC1)NCCS(=O)(=O)c1cccc(C#N)c1. The van der Waals surface area contributed by atoms with Gasteiger partial charge in [-0.05, 0) is 37.0 Å². The molecule has 0 saturated heterocycles. The lowest BCUT2D eigenvalue weighted by Gasteiger charge is -2.16. The zero-order chi connectivity index (χ0) is 15.3. The first kappa shape index (κ1) is 16.0. The minimum absolute atomic E-state index is 0.0725. The molecule has 1 aromatic rings. The molecule has 114 valence electrons. The molecule has 2 rings (SSSR count). The van der Waals surface area contributed by atoms with Crippen molar-refractivity contribution < 1.29 is 8.42 Å². The Morgan fingerprint density at radius 3 is 2.81 bits per heavy atom. The van der Waals surface area contributed by atoms with Crippen LogP contribution in [0.1, 0.15) is 38.2 Å². The molecule has 1 atom stereocenters. The van der Waals surface area contributed by atoms with E-state index in [-0.39, 0.29) is 10.6 Å². The molecule has 1 saturated carbocycles. The topological polar surface area (TPSA) is 70.0 Å². The van der Waals surface area contributed by atoms with Crippen LogP contribution in [-0.2, 0) is 9.84 Å². The van der Waals surface area contributed by atoms with Crippen LogP contribution in [0, 0.1) is 17.2 Å². The Balaban J connectivity index is 1.89. The van der Waals surface area contributed by atoms with Gasteiger partial charge >= 0.3 is 0 Å². The molecule has 0 spiro atoms. The summed E-state index contributed by atoms with van der Waals surface area (Å²) < 4.78 is 24.5. The van der Waals surface area contributed by atoms with Gasteiger partial charge in [0.15, 0.2) is 9.84 Å². The highest BCUT2D eigenvalue weighted by molar-refractivity contribution is 7.91. The fraction of sp³-hybridized carbons (Fsp3) is 0.562. The Morgan fingerprint density at radius 2 is 2.19 bits per heavy atom. The first-order valence-electron chi connectivity index (χ1n) is 7.51. The average molecular weight is 306 g/mol. The first-order chi connectivity index (χ1) is 10.0. The van der Waals surface area contributed by atoms with Crippen LogP contribution in [0.4, 0.5) is 0 Å². The van der Waals surface area contributed by atoms with Crippen molar-refractivity contribution in [2.75, 3.05) is 12.3 Å². The predicted octanol–water partition coefficient (Wildman–Crippen LogP) is 2.50. The molecule has 0 bridgehead atoms. The van der Waals surface area contributed by atoms with Gasteiger partial charge in [0, 0.05) is 12.6 Å². The van der Waals surface area contributed by atoms with Gasteiger partial charge in [0.25, 0.3) is 0 Å². The number of nitrogens with one attached hydrogen (secondary N) is 1. The number of benzene rings is 1. The molecule has 1 aliphatic carbocycles. The lowest BCUT2D eigenvalue weighted by atomic mass is 10.1. The molecule has 0 heterocycles. The van der Waals surface area contributed by atoms with E-state index in [4.69, 9.17) is 5.26 Å². The van der Waals surface area contributed by atoms with E-state index >= 15 is 0 Å². The summed E-state index contributed by atoms with van der Waals surface area (Å²) in [6.07, 6.45) is 4.82. The summed E-state index contributed by atoms with van der Waals surface area (Å²) in [4.78, 5) is 0.235. The van der Waals surface area contributed by atoms with Crippen LogP contribution in [-0.4, -0.2) is 26.8 Å². The molecule has 1 aromatic carbocycles. The van der Waals surface area contributed by atoms with Crippen molar-refractivity contribution in [3.8, 4) is 6.07 Å². The molecule has 1 aliphatic rings. The van der Waals surface area contributed by atoms with Crippen molar-refractivity contribution in [3.63, 3.8) is 0 Å². The molecule has 4 nitrogen and oxygen atoms in total. The van der Waals surface area contributed by atoms with Gasteiger partial charge in [0.2, 0.25) is 0 Å². The smallest absolute Gasteiger partial charge is 0.179 e. The molecule has 0 aliphatic heterocycles. The van der Waals surface area contributed by atoms with Crippen molar-refractivity contribution in [1.82, 2.24) is 5.32 Å². The molecular formula is C16H22N2O2S. The summed E-state index contributed by atoms with van der Waals surface area (Å²) in [5.74, 6) is 0.912. The Morgan fingerprint density at radius 1 is 1.43 bits per heavy atom. The van der Waals surface area contributed by atoms with Gasteiger partial charge in [0.05, 0.1) is 22.3 Å². The maximum Gasteiger partial charge on any atom is 0.179 e. The summed E-state index contributed by atoms with van der Waals surface area (Å²) in [6, 6.07) is 8.60. The average Bonchev–Trinajstić information content (AvgIpc) is 3.30. The van der Waals surface area contributed by atoms with E-state index in [1.54, 1.807) is 18.2 Å². The summed E-state index contributed by atoms with van der Waals surface area (Å²) in [5, 5.41) is 12.2. The summed E-state index contributed by atoms with van der Waals surface area (Å²) in [7, 11) is -3.32. The lowest BCUT2D eigenvalue weighted by Crippen LogP contribution is -2.33. The Hall–Kier alpha value is -1.38. The van der Waals surface area contributed by atoms with Gasteiger partial charge in [-0.1, -0.05) is 25.8 Å². The maximum absolute atomic E-state index is 12.3. The molecule has 0 radical (unpaired) electrons. The van der Waals surface area contributed by atoms with E-state index in [1.165, 1.54) is 18.9 Å². The number of hydrogen-bond donors (Lipinski definition) is 1. The van der Waals surface area contributed by atoms with Gasteiger partial charge in [-0.2, -0.15) is 5.26 Å². The highest BCUT2D eigenvalue weighted by Gasteiger charge is 2.24. The van der Waals surface area contributed by atoms with Crippen molar-refractivity contribution in [2.24, 2.45) is 5.92 Å². The molecule has 0 amide bonds. The molecular weight excluding hydrogens is 284 g/mol. The van der Waals surface area contributed by atoms with Gasteiger partial charge < -0.3 is 5.32 Å². The molecule has 5 heteroatoms. The minimum Gasteiger partial charge on any atom is -0.313 e. The van der Waals surface area contributed by atoms with Crippen LogP contribution in [0.3, 0.4) is 0 Å². The summed E-state index contributed by atoms with van der Waals surface area (Å²) >= 11 is 0. The lowest BCUT2D eigenvalue weighted by molar-refractivity contribution is 0.456. The molecule has 0 aromatic heterocycles. The quantitative estimate of drug-likeness (QED) is 0.801. The van der Waals surface area contributed by atoms with Gasteiger partial charge in [-0.15, -0.1) is 0 Å². The molecule has 21 heavy (non-hydrogen) atoms. The zero-order valence-corrected chi connectivity index (χ0v) is 13.2. The number of nitrogens with zero attached hydrogens (tertiary/aromatic N) is 1. The minimum atomic E-state index is -3.32. The standard InChI is InChI=1S/C16H22N2O2S/c1-2-15(10-13-6-7-13)18-8-9-21(19,20)16-5-3-4-14(11-16)12-17/h3-5,11,13,15,18H,2,6-10H2,1H3. The van der Waals surface area contributed by atoms with E-state index in [2.05, 4.69) is 12.2 Å². The van der Waals surface area contributed by atoms with Crippen LogP contribution < -0.4 is 5.32 Å². The third-order valence-electron chi connectivity index (χ3n) is 3.93. The third-order valence-corrected chi connectivity index (χ3v) is 5.65. The Kier molecular flexibility index (Phi) is 5.38. The summed E-state index contributed by atoms with van der Waals surface area (Å²) in [5.41, 5.74) is 0.379. The Bertz CT molecular complexity index is 615. The van der Waals surface area contributed by atoms with E-state index in [9.17, 15) is 8.42 Å². The highest BCUT2D eigenvalue weighted by Crippen LogP contribution is 2.33. The highest BCUT2D eigenvalue weighted by atomic mass is 32.2. The first-order valence-corrected chi connectivity index (χ1v) is 9.16. The van der Waals surface area contributed by atoms with E-state index in [0.29, 0.717) is 18.2 Å². The summed E-state index contributed by atoms with van der Waals surface area (Å²) in [6.45, 7) is 2.59. The van der Waals surface area contributed by atoms with Crippen LogP contribution in [0.25, 0.3) is 0 Å². The van der Waals surface area contributed by atoms with Crippen molar-refractivity contribution in [1.29, 1.82) is 5.26 Å². The second-order valence-electron chi connectivity index (χ2n) is 5.70. The second-order valence-corrected chi connectivity index (χ2v) is 7.81. The van der Waals surface area contributed by atoms with Crippen LogP contribution in [0.2, 0.25) is 0 Å². The second kappa shape index (κ2) is 7.06. The van der Waals surface area contributed by atoms with Crippen molar-refractivity contribution in [2.45, 2.75) is 43.5 Å². The van der Waals surface area contributed by atoms with Crippen LogP contribution in [0.5, 0.6) is 0 Å². The predicted molar refractivity (Wildman–Crippen MR) is 82.6 cm³/mol. The number of hydrogen-bond acceptors (Lipinski definition) is 4. The Labute approximate surface area is 127 Å². The van der Waals surface area contributed by atoms with Crippen molar-refractivity contribution >= 4 is 9.84 Å². The zero-order valence-electron chi connectivity index (χ0n) is 12.4. The van der Waals surface area contributed by atoms with E-state index in [1.807, 2.05) is 6.07 Å². The number of sulfone groups is 1. The number of nitriles is 1.